The van der Waals surface area contributed by atoms with Crippen LogP contribution in [0.3, 0.4) is 0 Å². The summed E-state index contributed by atoms with van der Waals surface area (Å²) in [6.45, 7) is 5.81. The molecule has 88 valence electrons. The van der Waals surface area contributed by atoms with Crippen molar-refractivity contribution in [1.29, 1.82) is 0 Å². The highest BCUT2D eigenvalue weighted by Crippen LogP contribution is 2.38. The highest BCUT2D eigenvalue weighted by Gasteiger charge is 2.31. The summed E-state index contributed by atoms with van der Waals surface area (Å²) in [6, 6.07) is 0. The van der Waals surface area contributed by atoms with Crippen molar-refractivity contribution >= 4 is 5.97 Å². The van der Waals surface area contributed by atoms with Gasteiger partial charge in [-0.05, 0) is 51.9 Å². The van der Waals surface area contributed by atoms with E-state index < -0.39 is 5.60 Å². The Morgan fingerprint density at radius 1 is 1.47 bits per heavy atom. The van der Waals surface area contributed by atoms with Crippen molar-refractivity contribution in [1.82, 2.24) is 0 Å². The normalized spacial score (nSPS) is 18.7. The van der Waals surface area contributed by atoms with E-state index in [1.54, 1.807) is 0 Å². The predicted molar refractivity (Wildman–Crippen MR) is 58.4 cm³/mol. The molecule has 1 rings (SSSR count). The fraction of sp³-hybridized carbons (Fsp3) is 0.917. The van der Waals surface area contributed by atoms with E-state index in [1.807, 2.05) is 20.8 Å². The van der Waals surface area contributed by atoms with Crippen LogP contribution in [0.1, 0.15) is 46.5 Å². The van der Waals surface area contributed by atoms with Gasteiger partial charge in [-0.15, -0.1) is 0 Å². The first-order chi connectivity index (χ1) is 6.92. The Bertz CT molecular complexity index is 213. The summed E-state index contributed by atoms with van der Waals surface area (Å²) in [5.41, 5.74) is -0.397. The zero-order chi connectivity index (χ0) is 11.5. The molecule has 0 radical (unpaired) electrons. The molecule has 1 N–H and O–H groups in total. The van der Waals surface area contributed by atoms with Gasteiger partial charge in [0.15, 0.2) is 0 Å². The largest absolute Gasteiger partial charge is 0.460 e. The van der Waals surface area contributed by atoms with Gasteiger partial charge in [-0.2, -0.15) is 0 Å². The van der Waals surface area contributed by atoms with Crippen molar-refractivity contribution in [3.63, 3.8) is 0 Å². The van der Waals surface area contributed by atoms with Crippen LogP contribution in [0.5, 0.6) is 0 Å². The van der Waals surface area contributed by atoms with Crippen LogP contribution in [0.25, 0.3) is 0 Å². The number of hydrogen-bond acceptors (Lipinski definition) is 3. The number of aliphatic hydroxyl groups is 1. The van der Waals surface area contributed by atoms with E-state index in [-0.39, 0.29) is 12.6 Å². The molecule has 0 spiro atoms. The van der Waals surface area contributed by atoms with Gasteiger partial charge in [-0.3, -0.25) is 4.79 Å². The molecule has 1 atom stereocenters. The average Bonchev–Trinajstić information content (AvgIpc) is 2.85. The van der Waals surface area contributed by atoms with Gasteiger partial charge >= 0.3 is 5.97 Å². The molecule has 1 aliphatic rings. The van der Waals surface area contributed by atoms with Gasteiger partial charge in [-0.1, -0.05) is 0 Å². The Morgan fingerprint density at radius 2 is 2.07 bits per heavy atom. The molecule has 0 amide bonds. The van der Waals surface area contributed by atoms with E-state index >= 15 is 0 Å². The zero-order valence-corrected chi connectivity index (χ0v) is 9.95. The molecule has 3 heteroatoms. The van der Waals surface area contributed by atoms with E-state index in [4.69, 9.17) is 9.84 Å². The minimum Gasteiger partial charge on any atom is -0.460 e. The maximum absolute atomic E-state index is 11.4. The molecular formula is C12H22O3. The number of carbonyl (C=O) groups excluding carboxylic acids is 1. The van der Waals surface area contributed by atoms with Crippen LogP contribution in [0.15, 0.2) is 0 Å². The second kappa shape index (κ2) is 4.97. The van der Waals surface area contributed by atoms with Crippen molar-refractivity contribution in [2.75, 3.05) is 6.61 Å². The number of esters is 1. The van der Waals surface area contributed by atoms with Gasteiger partial charge in [0.2, 0.25) is 0 Å². The van der Waals surface area contributed by atoms with Crippen molar-refractivity contribution in [3.8, 4) is 0 Å². The third-order valence-electron chi connectivity index (χ3n) is 2.66. The summed E-state index contributed by atoms with van der Waals surface area (Å²) in [5.74, 6) is 0.802. The van der Waals surface area contributed by atoms with Gasteiger partial charge in [0.25, 0.3) is 0 Å². The molecule has 15 heavy (non-hydrogen) atoms. The van der Waals surface area contributed by atoms with Crippen molar-refractivity contribution in [2.45, 2.75) is 52.1 Å². The Hall–Kier alpha value is -0.570. The average molecular weight is 214 g/mol. The number of carbonyl (C=O) groups is 1. The number of ether oxygens (including phenoxy) is 1. The fourth-order valence-electron chi connectivity index (χ4n) is 1.74. The first kappa shape index (κ1) is 12.5. The van der Waals surface area contributed by atoms with Crippen LogP contribution in [0.4, 0.5) is 0 Å². The molecular weight excluding hydrogens is 192 g/mol. The Morgan fingerprint density at radius 3 is 2.47 bits per heavy atom. The van der Waals surface area contributed by atoms with Crippen LogP contribution in [0.2, 0.25) is 0 Å². The molecule has 0 saturated heterocycles. The maximum atomic E-state index is 11.4. The van der Waals surface area contributed by atoms with Gasteiger partial charge in [0.05, 0.1) is 0 Å². The molecule has 0 aliphatic heterocycles. The number of aliphatic hydroxyl groups excluding tert-OH is 1. The summed E-state index contributed by atoms with van der Waals surface area (Å²) in [7, 11) is 0. The zero-order valence-electron chi connectivity index (χ0n) is 9.95. The third kappa shape index (κ3) is 5.17. The first-order valence-electron chi connectivity index (χ1n) is 5.75. The molecule has 1 aliphatic carbocycles. The topological polar surface area (TPSA) is 46.5 Å². The van der Waals surface area contributed by atoms with E-state index in [2.05, 4.69) is 0 Å². The van der Waals surface area contributed by atoms with Crippen molar-refractivity contribution < 1.29 is 14.6 Å². The lowest BCUT2D eigenvalue weighted by molar-refractivity contribution is -0.155. The lowest BCUT2D eigenvalue weighted by Crippen LogP contribution is -2.24. The van der Waals surface area contributed by atoms with Crippen LogP contribution in [-0.2, 0) is 9.53 Å². The Kier molecular flexibility index (Phi) is 4.14. The second-order valence-corrected chi connectivity index (χ2v) is 5.41. The van der Waals surface area contributed by atoms with E-state index in [9.17, 15) is 4.79 Å². The maximum Gasteiger partial charge on any atom is 0.306 e. The SMILES string of the molecule is CC(C)(C)OC(=O)CC[C@H](CO)C1CC1. The highest BCUT2D eigenvalue weighted by molar-refractivity contribution is 5.69. The standard InChI is InChI=1S/C12H22O3/c1-12(2,3)15-11(14)7-6-10(8-13)9-4-5-9/h9-10,13H,4-8H2,1-3H3/t10-/m1/s1. The minimum absolute atomic E-state index is 0.151. The molecule has 0 heterocycles. The fourth-order valence-corrected chi connectivity index (χ4v) is 1.74. The summed E-state index contributed by atoms with van der Waals surface area (Å²) in [5, 5.41) is 9.13. The summed E-state index contributed by atoms with van der Waals surface area (Å²) < 4.78 is 5.21. The summed E-state index contributed by atoms with van der Waals surface area (Å²) >= 11 is 0. The monoisotopic (exact) mass is 214 g/mol. The number of hydrogen-bond donors (Lipinski definition) is 1. The number of rotatable bonds is 5. The van der Waals surface area contributed by atoms with Crippen molar-refractivity contribution in [3.05, 3.63) is 0 Å². The predicted octanol–water partition coefficient (Wildman–Crippen LogP) is 2.13. The lowest BCUT2D eigenvalue weighted by Gasteiger charge is -2.20. The van der Waals surface area contributed by atoms with Crippen LogP contribution in [-0.4, -0.2) is 23.3 Å². The Labute approximate surface area is 91.8 Å². The molecule has 1 fully saturated rings. The smallest absolute Gasteiger partial charge is 0.306 e. The van der Waals surface area contributed by atoms with Gasteiger partial charge < -0.3 is 9.84 Å². The molecule has 0 unspecified atom stereocenters. The molecule has 0 aromatic carbocycles. The van der Waals surface area contributed by atoms with Gasteiger partial charge in [0.1, 0.15) is 5.60 Å². The second-order valence-electron chi connectivity index (χ2n) is 5.41. The summed E-state index contributed by atoms with van der Waals surface area (Å²) in [4.78, 5) is 11.4. The van der Waals surface area contributed by atoms with Crippen LogP contribution in [0, 0.1) is 11.8 Å². The Balaban J connectivity index is 2.20. The molecule has 0 aromatic rings. The quantitative estimate of drug-likeness (QED) is 0.713. The third-order valence-corrected chi connectivity index (χ3v) is 2.66. The van der Waals surface area contributed by atoms with Crippen LogP contribution >= 0.6 is 0 Å². The lowest BCUT2D eigenvalue weighted by atomic mass is 9.99. The minimum atomic E-state index is -0.397. The highest BCUT2D eigenvalue weighted by atomic mass is 16.6. The molecule has 3 nitrogen and oxygen atoms in total. The summed E-state index contributed by atoms with van der Waals surface area (Å²) in [6.07, 6.45) is 3.61. The molecule has 0 bridgehead atoms. The van der Waals surface area contributed by atoms with Gasteiger partial charge in [0, 0.05) is 13.0 Å². The van der Waals surface area contributed by atoms with Crippen molar-refractivity contribution in [2.24, 2.45) is 11.8 Å². The molecule has 1 saturated carbocycles. The first-order valence-corrected chi connectivity index (χ1v) is 5.75. The van der Waals surface area contributed by atoms with E-state index in [0.29, 0.717) is 18.3 Å². The molecule has 0 aromatic heterocycles. The van der Waals surface area contributed by atoms with E-state index in [1.165, 1.54) is 12.8 Å². The van der Waals surface area contributed by atoms with E-state index in [0.717, 1.165) is 6.42 Å². The van der Waals surface area contributed by atoms with Crippen LogP contribution < -0.4 is 0 Å². The van der Waals surface area contributed by atoms with Gasteiger partial charge in [-0.25, -0.2) is 0 Å².